The first-order chi connectivity index (χ1) is 10.3. The van der Waals surface area contributed by atoms with Crippen molar-refractivity contribution in [2.45, 2.75) is 31.9 Å². The van der Waals surface area contributed by atoms with Gasteiger partial charge in [-0.1, -0.05) is 30.3 Å². The second kappa shape index (κ2) is 13.1. The molecule has 1 aromatic carbocycles. The van der Waals surface area contributed by atoms with Crippen molar-refractivity contribution in [1.82, 2.24) is 5.32 Å². The van der Waals surface area contributed by atoms with Gasteiger partial charge in [-0.2, -0.15) is 0 Å². The first-order valence-electron chi connectivity index (χ1n) is 6.83. The SMILES string of the molecule is CO.NCCCCC(C=O)NC(=O)OCc1ccccc1. The molecule has 1 rings (SSSR count). The van der Waals surface area contributed by atoms with Crippen molar-refractivity contribution in [3.05, 3.63) is 35.9 Å². The summed E-state index contributed by atoms with van der Waals surface area (Å²) in [6, 6.07) is 8.87. The monoisotopic (exact) mass is 296 g/mol. The number of hydrogen-bond acceptors (Lipinski definition) is 5. The van der Waals surface area contributed by atoms with Gasteiger partial charge in [0.2, 0.25) is 0 Å². The smallest absolute Gasteiger partial charge is 0.408 e. The van der Waals surface area contributed by atoms with E-state index in [2.05, 4.69) is 5.32 Å². The molecule has 0 aliphatic heterocycles. The zero-order valence-electron chi connectivity index (χ0n) is 12.3. The number of carbonyl (C=O) groups is 2. The molecule has 0 aromatic heterocycles. The molecule has 6 nitrogen and oxygen atoms in total. The average molecular weight is 296 g/mol. The highest BCUT2D eigenvalue weighted by molar-refractivity contribution is 5.73. The van der Waals surface area contributed by atoms with Gasteiger partial charge in [-0.05, 0) is 31.4 Å². The quantitative estimate of drug-likeness (QED) is 0.494. The summed E-state index contributed by atoms with van der Waals surface area (Å²) in [6.45, 7) is 0.783. The van der Waals surface area contributed by atoms with Gasteiger partial charge in [-0.15, -0.1) is 0 Å². The number of aliphatic hydroxyl groups excluding tert-OH is 1. The van der Waals surface area contributed by atoms with E-state index >= 15 is 0 Å². The molecule has 1 amide bonds. The van der Waals surface area contributed by atoms with Crippen molar-refractivity contribution in [3.8, 4) is 0 Å². The lowest BCUT2D eigenvalue weighted by atomic mass is 10.1. The second-order valence-electron chi connectivity index (χ2n) is 4.23. The van der Waals surface area contributed by atoms with Crippen LogP contribution in [0.4, 0.5) is 4.79 Å². The minimum Gasteiger partial charge on any atom is -0.445 e. The van der Waals surface area contributed by atoms with Gasteiger partial charge < -0.3 is 25.7 Å². The molecule has 0 heterocycles. The van der Waals surface area contributed by atoms with Crippen LogP contribution in [-0.4, -0.2) is 37.2 Å². The molecule has 1 atom stereocenters. The Labute approximate surface area is 125 Å². The third-order valence-corrected chi connectivity index (χ3v) is 2.65. The summed E-state index contributed by atoms with van der Waals surface area (Å²) in [5.74, 6) is 0. The van der Waals surface area contributed by atoms with Crippen LogP contribution in [0.3, 0.4) is 0 Å². The molecule has 6 heteroatoms. The summed E-state index contributed by atoms with van der Waals surface area (Å²) in [5.41, 5.74) is 6.28. The fraction of sp³-hybridized carbons (Fsp3) is 0.467. The Hall–Kier alpha value is -1.92. The van der Waals surface area contributed by atoms with Crippen LogP contribution in [0.25, 0.3) is 0 Å². The molecule has 4 N–H and O–H groups in total. The van der Waals surface area contributed by atoms with E-state index in [1.807, 2.05) is 30.3 Å². The number of rotatable bonds is 8. The minimum atomic E-state index is -0.575. The number of nitrogens with two attached hydrogens (primary N) is 1. The van der Waals surface area contributed by atoms with E-state index in [9.17, 15) is 9.59 Å². The number of carbonyl (C=O) groups excluding carboxylic acids is 2. The van der Waals surface area contributed by atoms with Crippen LogP contribution in [0, 0.1) is 0 Å². The maximum absolute atomic E-state index is 11.5. The lowest BCUT2D eigenvalue weighted by Crippen LogP contribution is -2.36. The largest absolute Gasteiger partial charge is 0.445 e. The number of hydrogen-bond donors (Lipinski definition) is 3. The van der Waals surface area contributed by atoms with Crippen LogP contribution in [0.2, 0.25) is 0 Å². The molecule has 0 bridgehead atoms. The molecule has 21 heavy (non-hydrogen) atoms. The van der Waals surface area contributed by atoms with Crippen molar-refractivity contribution in [3.63, 3.8) is 0 Å². The number of aldehydes is 1. The van der Waals surface area contributed by atoms with Gasteiger partial charge in [0, 0.05) is 7.11 Å². The predicted molar refractivity (Wildman–Crippen MR) is 80.7 cm³/mol. The summed E-state index contributed by atoms with van der Waals surface area (Å²) in [6.07, 6.45) is 2.37. The molecule has 0 aliphatic carbocycles. The third-order valence-electron chi connectivity index (χ3n) is 2.65. The van der Waals surface area contributed by atoms with Crippen LogP contribution in [0.1, 0.15) is 24.8 Å². The summed E-state index contributed by atoms with van der Waals surface area (Å²) in [4.78, 5) is 22.3. The summed E-state index contributed by atoms with van der Waals surface area (Å²) in [5, 5.41) is 9.53. The Kier molecular flexibility index (Phi) is 11.9. The minimum absolute atomic E-state index is 0.195. The van der Waals surface area contributed by atoms with Gasteiger partial charge in [-0.3, -0.25) is 0 Å². The van der Waals surface area contributed by atoms with E-state index in [-0.39, 0.29) is 6.61 Å². The summed E-state index contributed by atoms with van der Waals surface area (Å²) >= 11 is 0. The van der Waals surface area contributed by atoms with Crippen molar-refractivity contribution >= 4 is 12.4 Å². The van der Waals surface area contributed by atoms with Crippen molar-refractivity contribution in [2.24, 2.45) is 5.73 Å². The Morgan fingerprint density at radius 1 is 1.33 bits per heavy atom. The van der Waals surface area contributed by atoms with E-state index < -0.39 is 12.1 Å². The molecule has 1 unspecified atom stereocenters. The number of aliphatic hydroxyl groups is 1. The predicted octanol–water partition coefficient (Wildman–Crippen LogP) is 1.22. The molecule has 0 fully saturated rings. The second-order valence-corrected chi connectivity index (χ2v) is 4.23. The third kappa shape index (κ3) is 9.59. The van der Waals surface area contributed by atoms with Crippen molar-refractivity contribution in [2.75, 3.05) is 13.7 Å². The zero-order chi connectivity index (χ0) is 15.9. The highest BCUT2D eigenvalue weighted by Gasteiger charge is 2.11. The van der Waals surface area contributed by atoms with Crippen LogP contribution >= 0.6 is 0 Å². The van der Waals surface area contributed by atoms with E-state index in [0.29, 0.717) is 13.0 Å². The fourth-order valence-electron chi connectivity index (χ4n) is 1.60. The molecule has 0 aliphatic rings. The molecular weight excluding hydrogens is 272 g/mol. The number of unbranched alkanes of at least 4 members (excludes halogenated alkanes) is 1. The Morgan fingerprint density at radius 3 is 2.57 bits per heavy atom. The fourth-order valence-corrected chi connectivity index (χ4v) is 1.60. The molecule has 118 valence electrons. The van der Waals surface area contributed by atoms with E-state index in [1.165, 1.54) is 0 Å². The Bertz CT molecular complexity index is 385. The molecular formula is C15H24N2O4. The molecule has 0 radical (unpaired) electrons. The molecule has 0 spiro atoms. The lowest BCUT2D eigenvalue weighted by molar-refractivity contribution is -0.109. The molecule has 0 saturated carbocycles. The lowest BCUT2D eigenvalue weighted by Gasteiger charge is -2.12. The highest BCUT2D eigenvalue weighted by Crippen LogP contribution is 2.02. The van der Waals surface area contributed by atoms with Gasteiger partial charge in [-0.25, -0.2) is 4.79 Å². The van der Waals surface area contributed by atoms with Gasteiger partial charge in [0.05, 0.1) is 6.04 Å². The number of nitrogens with one attached hydrogen (secondary N) is 1. The van der Waals surface area contributed by atoms with Crippen LogP contribution in [0.15, 0.2) is 30.3 Å². The molecule has 1 aromatic rings. The number of amides is 1. The topological polar surface area (TPSA) is 102 Å². The maximum Gasteiger partial charge on any atom is 0.408 e. The number of benzene rings is 1. The van der Waals surface area contributed by atoms with Gasteiger partial charge in [0.1, 0.15) is 12.9 Å². The first kappa shape index (κ1) is 19.1. The Balaban J connectivity index is 0.00000191. The normalized spacial score (nSPS) is 10.8. The number of ether oxygens (including phenoxy) is 1. The highest BCUT2D eigenvalue weighted by atomic mass is 16.5. The average Bonchev–Trinajstić information content (AvgIpc) is 2.55. The Morgan fingerprint density at radius 2 is 2.00 bits per heavy atom. The summed E-state index contributed by atoms with van der Waals surface area (Å²) in [7, 11) is 1.00. The summed E-state index contributed by atoms with van der Waals surface area (Å²) < 4.78 is 5.03. The van der Waals surface area contributed by atoms with Crippen molar-refractivity contribution in [1.29, 1.82) is 0 Å². The van der Waals surface area contributed by atoms with Crippen LogP contribution < -0.4 is 11.1 Å². The molecule has 0 saturated heterocycles. The number of alkyl carbamates (subject to hydrolysis) is 1. The van der Waals surface area contributed by atoms with Crippen LogP contribution in [0.5, 0.6) is 0 Å². The first-order valence-corrected chi connectivity index (χ1v) is 6.83. The van der Waals surface area contributed by atoms with Gasteiger partial charge >= 0.3 is 6.09 Å². The maximum atomic E-state index is 11.5. The van der Waals surface area contributed by atoms with Gasteiger partial charge in [0.25, 0.3) is 0 Å². The standard InChI is InChI=1S/C14H20N2O3.CH4O/c15-9-5-4-8-13(10-17)16-14(18)19-11-12-6-2-1-3-7-12;1-2/h1-3,6-7,10,13H,4-5,8-9,11,15H2,(H,16,18);2H,1H3. The zero-order valence-corrected chi connectivity index (χ0v) is 12.3. The van der Waals surface area contributed by atoms with Gasteiger partial charge in [0.15, 0.2) is 0 Å². The van der Waals surface area contributed by atoms with E-state index in [0.717, 1.165) is 31.8 Å². The van der Waals surface area contributed by atoms with E-state index in [4.69, 9.17) is 15.6 Å². The van der Waals surface area contributed by atoms with Crippen LogP contribution in [-0.2, 0) is 16.1 Å². The van der Waals surface area contributed by atoms with Crippen molar-refractivity contribution < 1.29 is 19.4 Å². The van der Waals surface area contributed by atoms with E-state index in [1.54, 1.807) is 0 Å².